The van der Waals surface area contributed by atoms with E-state index in [-0.39, 0.29) is 5.78 Å². The Hall–Kier alpha value is -1.64. The predicted octanol–water partition coefficient (Wildman–Crippen LogP) is 2.10. The first-order valence-corrected chi connectivity index (χ1v) is 4.71. The fraction of sp³-hybridized carbons (Fsp3) is 0.273. The van der Waals surface area contributed by atoms with Crippen LogP contribution < -0.4 is 0 Å². The van der Waals surface area contributed by atoms with E-state index >= 15 is 0 Å². The van der Waals surface area contributed by atoms with E-state index < -0.39 is 0 Å². The first kappa shape index (κ1) is 8.94. The molecule has 0 saturated carbocycles. The Labute approximate surface area is 82.4 Å². The average molecular weight is 188 g/mol. The molecule has 2 aromatic rings. The monoisotopic (exact) mass is 188 g/mol. The third kappa shape index (κ3) is 1.21. The van der Waals surface area contributed by atoms with E-state index in [2.05, 4.69) is 4.98 Å². The zero-order valence-electron chi connectivity index (χ0n) is 8.32. The lowest BCUT2D eigenvalue weighted by Gasteiger charge is -1.97. The van der Waals surface area contributed by atoms with Gasteiger partial charge in [-0.1, -0.05) is 13.0 Å². The Balaban J connectivity index is 2.81. The molecule has 0 aliphatic carbocycles. The highest BCUT2D eigenvalue weighted by molar-refractivity contribution is 5.94. The second kappa shape index (κ2) is 3.25. The Morgan fingerprint density at radius 3 is 2.93 bits per heavy atom. The number of nitrogens with zero attached hydrogens (tertiary/aromatic N) is 2. The number of rotatable bonds is 2. The number of aryl methyl sites for hydroxylation is 1. The molecule has 3 heteroatoms. The molecule has 0 unspecified atom stereocenters. The summed E-state index contributed by atoms with van der Waals surface area (Å²) in [5, 5.41) is 0. The second-order valence-corrected chi connectivity index (χ2v) is 3.25. The summed E-state index contributed by atoms with van der Waals surface area (Å²) in [6, 6.07) is 5.73. The largest absolute Gasteiger partial charge is 0.297 e. The smallest absolute Gasteiger partial charge is 0.178 e. The van der Waals surface area contributed by atoms with Crippen molar-refractivity contribution in [2.24, 2.45) is 0 Å². The van der Waals surface area contributed by atoms with Gasteiger partial charge in [0, 0.05) is 13.1 Å². The average Bonchev–Trinajstić information content (AvgIpc) is 2.55. The van der Waals surface area contributed by atoms with Crippen LogP contribution >= 0.6 is 0 Å². The van der Waals surface area contributed by atoms with E-state index in [0.717, 1.165) is 17.8 Å². The van der Waals surface area contributed by atoms with Crippen LogP contribution in [-0.4, -0.2) is 15.2 Å². The summed E-state index contributed by atoms with van der Waals surface area (Å²) in [6.07, 6.45) is 2.66. The number of pyridine rings is 1. The molecule has 0 aliphatic rings. The first-order valence-electron chi connectivity index (χ1n) is 4.71. The van der Waals surface area contributed by atoms with Gasteiger partial charge >= 0.3 is 0 Å². The van der Waals surface area contributed by atoms with Gasteiger partial charge in [-0.2, -0.15) is 0 Å². The number of Topliss-reactive ketones (excluding diaryl/α,β-unsaturated/α-hetero) is 1. The Bertz CT molecular complexity index is 485. The summed E-state index contributed by atoms with van der Waals surface area (Å²) in [4.78, 5) is 15.8. The van der Waals surface area contributed by atoms with E-state index in [1.807, 2.05) is 35.7 Å². The van der Waals surface area contributed by atoms with Crippen LogP contribution in [0.25, 0.3) is 5.65 Å². The lowest BCUT2D eigenvalue weighted by Crippen LogP contribution is -2.01. The van der Waals surface area contributed by atoms with Gasteiger partial charge in [-0.25, -0.2) is 4.98 Å². The molecule has 0 N–H and O–H groups in total. The third-order valence-electron chi connectivity index (χ3n) is 2.27. The molecular formula is C11H12N2O. The number of hydrogen-bond donors (Lipinski definition) is 0. The number of ketones is 1. The molecule has 2 rings (SSSR count). The maximum Gasteiger partial charge on any atom is 0.178 e. The topological polar surface area (TPSA) is 34.4 Å². The lowest BCUT2D eigenvalue weighted by molar-refractivity contribution is 0.101. The molecule has 0 aromatic carbocycles. The molecule has 72 valence electrons. The Kier molecular flexibility index (Phi) is 2.08. The Morgan fingerprint density at radius 2 is 2.29 bits per heavy atom. The van der Waals surface area contributed by atoms with Crippen LogP contribution in [-0.2, 0) is 6.42 Å². The molecule has 0 amide bonds. The van der Waals surface area contributed by atoms with E-state index in [1.165, 1.54) is 0 Å². The second-order valence-electron chi connectivity index (χ2n) is 3.25. The van der Waals surface area contributed by atoms with Gasteiger partial charge in [-0.15, -0.1) is 0 Å². The number of hydrogen-bond acceptors (Lipinski definition) is 2. The molecule has 0 atom stereocenters. The minimum absolute atomic E-state index is 0.0700. The van der Waals surface area contributed by atoms with Crippen molar-refractivity contribution in [2.75, 3.05) is 0 Å². The summed E-state index contributed by atoms with van der Waals surface area (Å²) in [6.45, 7) is 3.59. The minimum Gasteiger partial charge on any atom is -0.297 e. The lowest BCUT2D eigenvalue weighted by atomic mass is 10.2. The maximum atomic E-state index is 11.4. The van der Waals surface area contributed by atoms with Crippen molar-refractivity contribution >= 4 is 11.4 Å². The van der Waals surface area contributed by atoms with E-state index in [9.17, 15) is 4.79 Å². The number of imidazole rings is 1. The Morgan fingerprint density at radius 1 is 1.50 bits per heavy atom. The van der Waals surface area contributed by atoms with Crippen molar-refractivity contribution in [1.82, 2.24) is 9.38 Å². The van der Waals surface area contributed by atoms with Crippen LogP contribution in [0.3, 0.4) is 0 Å². The van der Waals surface area contributed by atoms with Crippen LogP contribution in [0.4, 0.5) is 0 Å². The zero-order valence-corrected chi connectivity index (χ0v) is 8.32. The van der Waals surface area contributed by atoms with Crippen molar-refractivity contribution in [3.8, 4) is 0 Å². The summed E-state index contributed by atoms with van der Waals surface area (Å²) >= 11 is 0. The van der Waals surface area contributed by atoms with Gasteiger partial charge in [0.25, 0.3) is 0 Å². The quantitative estimate of drug-likeness (QED) is 0.676. The first-order chi connectivity index (χ1) is 6.74. The zero-order chi connectivity index (χ0) is 10.1. The molecule has 2 heterocycles. The summed E-state index contributed by atoms with van der Waals surface area (Å²) < 4.78 is 1.85. The molecule has 0 radical (unpaired) electrons. The van der Waals surface area contributed by atoms with Gasteiger partial charge in [0.2, 0.25) is 0 Å². The van der Waals surface area contributed by atoms with Crippen LogP contribution in [0.15, 0.2) is 24.4 Å². The summed E-state index contributed by atoms with van der Waals surface area (Å²) in [5.74, 6) is 0.0700. The van der Waals surface area contributed by atoms with E-state index in [1.54, 1.807) is 6.92 Å². The predicted molar refractivity (Wildman–Crippen MR) is 54.6 cm³/mol. The summed E-state index contributed by atoms with van der Waals surface area (Å²) in [7, 11) is 0. The normalized spacial score (nSPS) is 10.7. The van der Waals surface area contributed by atoms with Crippen LogP contribution in [0.1, 0.15) is 30.0 Å². The van der Waals surface area contributed by atoms with Gasteiger partial charge in [0.15, 0.2) is 5.78 Å². The number of fused-ring (bicyclic) bond motifs is 1. The maximum absolute atomic E-state index is 11.4. The molecule has 0 bridgehead atoms. The minimum atomic E-state index is 0.0700. The van der Waals surface area contributed by atoms with Gasteiger partial charge < -0.3 is 0 Å². The van der Waals surface area contributed by atoms with E-state index in [4.69, 9.17) is 0 Å². The van der Waals surface area contributed by atoms with Gasteiger partial charge in [0.05, 0.1) is 5.69 Å². The molecule has 2 aromatic heterocycles. The van der Waals surface area contributed by atoms with E-state index in [0.29, 0.717) is 5.69 Å². The van der Waals surface area contributed by atoms with Crippen molar-refractivity contribution < 1.29 is 4.79 Å². The molecule has 0 aliphatic heterocycles. The van der Waals surface area contributed by atoms with Crippen molar-refractivity contribution in [3.63, 3.8) is 0 Å². The molecule has 0 saturated heterocycles. The molecule has 0 fully saturated rings. The molecule has 14 heavy (non-hydrogen) atoms. The number of aromatic nitrogens is 2. The fourth-order valence-corrected chi connectivity index (χ4v) is 1.66. The fourth-order valence-electron chi connectivity index (χ4n) is 1.66. The number of carbonyl (C=O) groups excluding carboxylic acids is 1. The van der Waals surface area contributed by atoms with Gasteiger partial charge in [-0.05, 0) is 18.6 Å². The van der Waals surface area contributed by atoms with Crippen LogP contribution in [0.5, 0.6) is 0 Å². The van der Waals surface area contributed by atoms with Gasteiger partial charge in [0.1, 0.15) is 11.3 Å². The van der Waals surface area contributed by atoms with Crippen LogP contribution in [0, 0.1) is 0 Å². The summed E-state index contributed by atoms with van der Waals surface area (Å²) in [5.41, 5.74) is 2.43. The van der Waals surface area contributed by atoms with Crippen molar-refractivity contribution in [1.29, 1.82) is 0 Å². The standard InChI is InChI=1S/C11H12N2O/c1-3-9-11(8(2)14)13-7-5-4-6-10(13)12-9/h4-7H,3H2,1-2H3. The number of carbonyl (C=O) groups is 1. The van der Waals surface area contributed by atoms with Crippen LogP contribution in [0.2, 0.25) is 0 Å². The highest BCUT2D eigenvalue weighted by Gasteiger charge is 2.13. The van der Waals surface area contributed by atoms with Crippen molar-refractivity contribution in [3.05, 3.63) is 35.8 Å². The highest BCUT2D eigenvalue weighted by atomic mass is 16.1. The van der Waals surface area contributed by atoms with Gasteiger partial charge in [-0.3, -0.25) is 9.20 Å². The molecule has 3 nitrogen and oxygen atoms in total. The van der Waals surface area contributed by atoms with Crippen molar-refractivity contribution in [2.45, 2.75) is 20.3 Å². The molecule has 0 spiro atoms. The SMILES string of the molecule is CCc1nc2ccccn2c1C(C)=O. The molecular weight excluding hydrogens is 176 g/mol. The highest BCUT2D eigenvalue weighted by Crippen LogP contribution is 2.13. The third-order valence-corrected chi connectivity index (χ3v) is 2.27.